The fourth-order valence-electron chi connectivity index (χ4n) is 2.01. The molecule has 1 nitrogen and oxygen atoms in total. The number of hydrogen-bond acceptors (Lipinski definition) is 4. The van der Waals surface area contributed by atoms with Crippen LogP contribution in [-0.4, -0.2) is 11.5 Å². The molecule has 3 heterocycles. The molecule has 1 aliphatic rings. The van der Waals surface area contributed by atoms with Crippen molar-refractivity contribution < 1.29 is 4.79 Å². The zero-order chi connectivity index (χ0) is 12.7. The molecule has 5 heteroatoms. The number of hydrogen-bond donors (Lipinski definition) is 0. The number of thioether (sulfide) groups is 1. The Morgan fingerprint density at radius 3 is 2.83 bits per heavy atom. The molecule has 0 radical (unpaired) electrons. The SMILES string of the molecule is Cc1cc(Br)c(C(=O)c2cc3c(s2)CCSC3)s1. The standard InChI is InChI=1S/C13H11BrOS3/c1-7-4-9(14)13(17-7)12(15)11-5-8-6-16-3-2-10(8)18-11/h4-5H,2-3,6H2,1H3. The van der Waals surface area contributed by atoms with E-state index >= 15 is 0 Å². The highest BCUT2D eigenvalue weighted by Crippen LogP contribution is 2.35. The first-order valence-corrected chi connectivity index (χ1v) is 9.23. The Morgan fingerprint density at radius 1 is 1.33 bits per heavy atom. The van der Waals surface area contributed by atoms with Gasteiger partial charge in [0.15, 0.2) is 0 Å². The topological polar surface area (TPSA) is 17.1 Å². The van der Waals surface area contributed by atoms with Crippen molar-refractivity contribution in [1.82, 2.24) is 0 Å². The maximum absolute atomic E-state index is 12.5. The van der Waals surface area contributed by atoms with Gasteiger partial charge in [0.1, 0.15) is 0 Å². The van der Waals surface area contributed by atoms with Crippen LogP contribution in [-0.2, 0) is 12.2 Å². The van der Waals surface area contributed by atoms with Crippen molar-refractivity contribution in [2.45, 2.75) is 19.1 Å². The van der Waals surface area contributed by atoms with Crippen LogP contribution in [0.25, 0.3) is 0 Å². The highest BCUT2D eigenvalue weighted by molar-refractivity contribution is 9.10. The maximum Gasteiger partial charge on any atom is 0.214 e. The number of thiophene rings is 2. The number of ketones is 1. The zero-order valence-electron chi connectivity index (χ0n) is 9.79. The lowest BCUT2D eigenvalue weighted by molar-refractivity contribution is 0.104. The second kappa shape index (κ2) is 5.12. The third kappa shape index (κ3) is 2.33. The Hall–Kier alpha value is -0.100. The molecule has 1 aliphatic heterocycles. The van der Waals surface area contributed by atoms with E-state index in [9.17, 15) is 4.79 Å². The normalized spacial score (nSPS) is 14.6. The summed E-state index contributed by atoms with van der Waals surface area (Å²) in [6.07, 6.45) is 1.11. The minimum absolute atomic E-state index is 0.171. The number of carbonyl (C=O) groups is 1. The summed E-state index contributed by atoms with van der Waals surface area (Å²) in [6, 6.07) is 4.11. The van der Waals surface area contributed by atoms with E-state index in [1.54, 1.807) is 22.7 Å². The van der Waals surface area contributed by atoms with Crippen LogP contribution < -0.4 is 0 Å². The summed E-state index contributed by atoms with van der Waals surface area (Å²) >= 11 is 8.68. The van der Waals surface area contributed by atoms with E-state index in [0.29, 0.717) is 0 Å². The van der Waals surface area contributed by atoms with E-state index in [2.05, 4.69) is 22.0 Å². The lowest BCUT2D eigenvalue weighted by Crippen LogP contribution is -1.96. The fourth-order valence-corrected chi connectivity index (χ4v) is 6.17. The molecule has 0 aliphatic carbocycles. The number of aryl methyl sites for hydroxylation is 2. The minimum Gasteiger partial charge on any atom is -0.287 e. The molecule has 0 N–H and O–H groups in total. The molecule has 0 fully saturated rings. The molecule has 0 spiro atoms. The molecule has 0 amide bonds. The van der Waals surface area contributed by atoms with Gasteiger partial charge in [-0.2, -0.15) is 11.8 Å². The smallest absolute Gasteiger partial charge is 0.214 e. The number of halogens is 1. The molecule has 0 aromatic carbocycles. The molecule has 0 unspecified atom stereocenters. The van der Waals surface area contributed by atoms with Crippen molar-refractivity contribution >= 4 is 56.1 Å². The van der Waals surface area contributed by atoms with Gasteiger partial charge in [0.25, 0.3) is 0 Å². The molecule has 2 aromatic heterocycles. The van der Waals surface area contributed by atoms with E-state index in [0.717, 1.165) is 26.4 Å². The lowest BCUT2D eigenvalue weighted by Gasteiger charge is -2.08. The monoisotopic (exact) mass is 358 g/mol. The van der Waals surface area contributed by atoms with Gasteiger partial charge in [-0.3, -0.25) is 4.79 Å². The van der Waals surface area contributed by atoms with Gasteiger partial charge in [0.2, 0.25) is 5.78 Å². The maximum atomic E-state index is 12.5. The van der Waals surface area contributed by atoms with Crippen LogP contribution in [0.2, 0.25) is 0 Å². The van der Waals surface area contributed by atoms with E-state index < -0.39 is 0 Å². The predicted octanol–water partition coefficient (Wildman–Crippen LogP) is 4.90. The molecule has 94 valence electrons. The van der Waals surface area contributed by atoms with Gasteiger partial charge in [-0.05, 0) is 52.7 Å². The van der Waals surface area contributed by atoms with Crippen molar-refractivity contribution in [2.24, 2.45) is 0 Å². The van der Waals surface area contributed by atoms with Crippen LogP contribution in [0.1, 0.15) is 29.9 Å². The highest BCUT2D eigenvalue weighted by atomic mass is 79.9. The van der Waals surface area contributed by atoms with E-state index in [1.807, 2.05) is 24.8 Å². The summed E-state index contributed by atoms with van der Waals surface area (Å²) in [4.78, 5) is 16.8. The van der Waals surface area contributed by atoms with Crippen LogP contribution in [0.3, 0.4) is 0 Å². The Labute approximate surface area is 127 Å². The fraction of sp³-hybridized carbons (Fsp3) is 0.308. The van der Waals surface area contributed by atoms with Crippen molar-refractivity contribution in [1.29, 1.82) is 0 Å². The molecule has 0 saturated carbocycles. The molecular formula is C13H11BrOS3. The van der Waals surface area contributed by atoms with Crippen LogP contribution in [0.4, 0.5) is 0 Å². The second-order valence-corrected chi connectivity index (χ2v) is 8.58. The molecular weight excluding hydrogens is 348 g/mol. The summed E-state index contributed by atoms with van der Waals surface area (Å²) in [7, 11) is 0. The first-order valence-electron chi connectivity index (χ1n) is 5.65. The van der Waals surface area contributed by atoms with Crippen LogP contribution in [0.5, 0.6) is 0 Å². The van der Waals surface area contributed by atoms with Crippen LogP contribution >= 0.6 is 50.4 Å². The molecule has 0 bridgehead atoms. The largest absolute Gasteiger partial charge is 0.287 e. The summed E-state index contributed by atoms with van der Waals surface area (Å²) in [5, 5.41) is 0. The van der Waals surface area contributed by atoms with Crippen molar-refractivity contribution in [3.63, 3.8) is 0 Å². The van der Waals surface area contributed by atoms with E-state index in [1.165, 1.54) is 21.1 Å². The summed E-state index contributed by atoms with van der Waals surface area (Å²) in [5.74, 6) is 2.41. The first kappa shape index (κ1) is 12.9. The van der Waals surface area contributed by atoms with Crippen molar-refractivity contribution in [3.8, 4) is 0 Å². The van der Waals surface area contributed by atoms with Gasteiger partial charge in [0.05, 0.1) is 9.75 Å². The second-order valence-electron chi connectivity index (χ2n) is 4.22. The first-order chi connectivity index (χ1) is 8.65. The van der Waals surface area contributed by atoms with Crippen molar-refractivity contribution in [3.05, 3.63) is 41.7 Å². The number of rotatable bonds is 2. The summed E-state index contributed by atoms with van der Waals surface area (Å²) in [5.41, 5.74) is 1.36. The van der Waals surface area contributed by atoms with Crippen LogP contribution in [0, 0.1) is 6.92 Å². The molecule has 18 heavy (non-hydrogen) atoms. The van der Waals surface area contributed by atoms with E-state index in [-0.39, 0.29) is 5.78 Å². The highest BCUT2D eigenvalue weighted by Gasteiger charge is 2.21. The Kier molecular flexibility index (Phi) is 3.67. The average molecular weight is 359 g/mol. The van der Waals surface area contributed by atoms with E-state index in [4.69, 9.17) is 0 Å². The molecule has 0 saturated heterocycles. The zero-order valence-corrected chi connectivity index (χ0v) is 13.8. The minimum atomic E-state index is 0.171. The van der Waals surface area contributed by atoms with Gasteiger partial charge in [-0.15, -0.1) is 22.7 Å². The average Bonchev–Trinajstić information content (AvgIpc) is 2.91. The lowest BCUT2D eigenvalue weighted by atomic mass is 10.2. The quantitative estimate of drug-likeness (QED) is 0.710. The van der Waals surface area contributed by atoms with Gasteiger partial charge in [0, 0.05) is 20.0 Å². The summed E-state index contributed by atoms with van der Waals surface area (Å²) < 4.78 is 0.927. The third-order valence-corrected chi connectivity index (χ3v) is 7.05. The third-order valence-electron chi connectivity index (χ3n) is 2.87. The predicted molar refractivity (Wildman–Crippen MR) is 84.4 cm³/mol. The van der Waals surface area contributed by atoms with Gasteiger partial charge >= 0.3 is 0 Å². The van der Waals surface area contributed by atoms with Gasteiger partial charge in [-0.25, -0.2) is 0 Å². The van der Waals surface area contributed by atoms with Crippen LogP contribution in [0.15, 0.2) is 16.6 Å². The Balaban J connectivity index is 1.97. The van der Waals surface area contributed by atoms with Gasteiger partial charge in [-0.1, -0.05) is 0 Å². The number of fused-ring (bicyclic) bond motifs is 1. The molecule has 3 rings (SSSR count). The Morgan fingerprint density at radius 2 is 2.17 bits per heavy atom. The molecule has 2 aromatic rings. The number of carbonyl (C=O) groups excluding carboxylic acids is 1. The van der Waals surface area contributed by atoms with Gasteiger partial charge < -0.3 is 0 Å². The van der Waals surface area contributed by atoms with Crippen molar-refractivity contribution in [2.75, 3.05) is 5.75 Å². The summed E-state index contributed by atoms with van der Waals surface area (Å²) in [6.45, 7) is 2.03. The molecule has 0 atom stereocenters. The Bertz CT molecular complexity index is 588.